The molecule has 0 unspecified atom stereocenters. The van der Waals surface area contributed by atoms with E-state index in [2.05, 4.69) is 20.6 Å². The molecule has 2 rings (SSSR count). The van der Waals surface area contributed by atoms with Crippen molar-refractivity contribution in [2.24, 2.45) is 0 Å². The van der Waals surface area contributed by atoms with E-state index in [-0.39, 0.29) is 5.91 Å². The topological polar surface area (TPSA) is 66.9 Å². The summed E-state index contributed by atoms with van der Waals surface area (Å²) in [7, 11) is 0. The summed E-state index contributed by atoms with van der Waals surface area (Å²) in [6, 6.07) is 1.71. The maximum absolute atomic E-state index is 11.7. The number of carbonyl (C=O) groups is 1. The molecule has 78 valence electrons. The lowest BCUT2D eigenvalue weighted by atomic mass is 10.0. The quantitative estimate of drug-likeness (QED) is 0.681. The first-order valence-electron chi connectivity index (χ1n) is 4.75. The van der Waals surface area contributed by atoms with Crippen molar-refractivity contribution in [2.75, 3.05) is 18.4 Å². The number of aromatic nitrogens is 2. The van der Waals surface area contributed by atoms with Crippen LogP contribution in [-0.4, -0.2) is 29.0 Å². The molecule has 15 heavy (non-hydrogen) atoms. The molecule has 0 saturated carbocycles. The van der Waals surface area contributed by atoms with Gasteiger partial charge in [0.2, 0.25) is 5.95 Å². The molecular weight excluding hydrogens is 192 g/mol. The zero-order chi connectivity index (χ0) is 10.7. The molecule has 1 fully saturated rings. The number of amides is 1. The predicted octanol–water partition coefficient (Wildman–Crippen LogP) is 0.335. The third kappa shape index (κ3) is 2.19. The van der Waals surface area contributed by atoms with E-state index in [0.717, 1.165) is 24.2 Å². The maximum Gasteiger partial charge on any atom is 0.253 e. The van der Waals surface area contributed by atoms with Gasteiger partial charge in [-0.3, -0.25) is 10.1 Å². The zero-order valence-corrected chi connectivity index (χ0v) is 8.45. The molecule has 2 heterocycles. The first-order valence-corrected chi connectivity index (χ1v) is 4.75. The van der Waals surface area contributed by atoms with E-state index in [1.165, 1.54) is 0 Å². The van der Waals surface area contributed by atoms with Crippen molar-refractivity contribution in [1.82, 2.24) is 15.3 Å². The monoisotopic (exact) mass is 204 g/mol. The lowest BCUT2D eigenvalue weighted by Crippen LogP contribution is -2.36. The average Bonchev–Trinajstić information content (AvgIpc) is 2.16. The van der Waals surface area contributed by atoms with Crippen molar-refractivity contribution in [3.63, 3.8) is 0 Å². The van der Waals surface area contributed by atoms with Gasteiger partial charge in [-0.25, -0.2) is 9.97 Å². The molecule has 1 aromatic rings. The smallest absolute Gasteiger partial charge is 0.253 e. The summed E-state index contributed by atoms with van der Waals surface area (Å²) in [6.07, 6.45) is 3.19. The van der Waals surface area contributed by atoms with Gasteiger partial charge in [-0.15, -0.1) is 0 Å². The molecule has 0 radical (unpaired) electrons. The van der Waals surface area contributed by atoms with Crippen molar-refractivity contribution in [3.05, 3.63) is 29.6 Å². The van der Waals surface area contributed by atoms with Crippen LogP contribution in [0.25, 0.3) is 0 Å². The molecule has 0 aromatic carbocycles. The van der Waals surface area contributed by atoms with Crippen LogP contribution in [0, 0.1) is 0 Å². The van der Waals surface area contributed by atoms with Gasteiger partial charge >= 0.3 is 0 Å². The number of nitrogens with one attached hydrogen (secondary N) is 2. The zero-order valence-electron chi connectivity index (χ0n) is 8.45. The van der Waals surface area contributed by atoms with Crippen LogP contribution < -0.4 is 10.6 Å². The number of hydrogen-bond donors (Lipinski definition) is 2. The van der Waals surface area contributed by atoms with Crippen LogP contribution in [0.5, 0.6) is 0 Å². The summed E-state index contributed by atoms with van der Waals surface area (Å²) in [5.41, 5.74) is 1.89. The highest BCUT2D eigenvalue weighted by atomic mass is 16.1. The van der Waals surface area contributed by atoms with Crippen LogP contribution in [0.3, 0.4) is 0 Å². The molecule has 0 bridgehead atoms. The van der Waals surface area contributed by atoms with E-state index < -0.39 is 0 Å². The van der Waals surface area contributed by atoms with Gasteiger partial charge in [-0.2, -0.15) is 0 Å². The first kappa shape index (κ1) is 9.79. The van der Waals surface area contributed by atoms with Gasteiger partial charge < -0.3 is 5.32 Å². The van der Waals surface area contributed by atoms with Crippen molar-refractivity contribution in [2.45, 2.75) is 6.92 Å². The van der Waals surface area contributed by atoms with Gasteiger partial charge in [0.25, 0.3) is 5.91 Å². The van der Waals surface area contributed by atoms with Crippen molar-refractivity contribution >= 4 is 11.9 Å². The van der Waals surface area contributed by atoms with Crippen molar-refractivity contribution < 1.29 is 4.79 Å². The van der Waals surface area contributed by atoms with Crippen molar-refractivity contribution in [3.8, 4) is 0 Å². The number of rotatable bonds is 2. The summed E-state index contributed by atoms with van der Waals surface area (Å²) >= 11 is 0. The largest absolute Gasteiger partial charge is 0.309 e. The maximum atomic E-state index is 11.7. The Labute approximate surface area is 87.6 Å². The Kier molecular flexibility index (Phi) is 2.73. The predicted molar refractivity (Wildman–Crippen MR) is 56.2 cm³/mol. The highest BCUT2D eigenvalue weighted by Crippen LogP contribution is 2.10. The average molecular weight is 204 g/mol. The number of nitrogens with zero attached hydrogens (tertiary/aromatic N) is 2. The SMILES string of the molecule is CC(C(=O)Nc1ncccn1)=C1CNC1. The molecule has 1 amide bonds. The van der Waals surface area contributed by atoms with E-state index >= 15 is 0 Å². The fraction of sp³-hybridized carbons (Fsp3) is 0.300. The molecular formula is C10H12N4O. The minimum Gasteiger partial charge on any atom is -0.309 e. The fourth-order valence-electron chi connectivity index (χ4n) is 1.23. The van der Waals surface area contributed by atoms with Crippen LogP contribution in [-0.2, 0) is 4.79 Å². The van der Waals surface area contributed by atoms with Crippen LogP contribution in [0.1, 0.15) is 6.92 Å². The molecule has 2 N–H and O–H groups in total. The highest BCUT2D eigenvalue weighted by molar-refractivity contribution is 6.03. The number of hydrogen-bond acceptors (Lipinski definition) is 4. The van der Waals surface area contributed by atoms with Crippen LogP contribution >= 0.6 is 0 Å². The first-order chi connectivity index (χ1) is 7.27. The Bertz CT molecular complexity index is 393. The summed E-state index contributed by atoms with van der Waals surface area (Å²) in [5, 5.41) is 5.74. The number of anilines is 1. The van der Waals surface area contributed by atoms with E-state index in [4.69, 9.17) is 0 Å². The van der Waals surface area contributed by atoms with Crippen LogP contribution in [0.4, 0.5) is 5.95 Å². The van der Waals surface area contributed by atoms with Gasteiger partial charge in [0.1, 0.15) is 0 Å². The minimum absolute atomic E-state index is 0.127. The van der Waals surface area contributed by atoms with E-state index in [0.29, 0.717) is 5.95 Å². The Hall–Kier alpha value is -1.75. The Morgan fingerprint density at radius 1 is 1.40 bits per heavy atom. The second kappa shape index (κ2) is 4.18. The molecule has 1 aliphatic heterocycles. The summed E-state index contributed by atoms with van der Waals surface area (Å²) in [6.45, 7) is 3.41. The van der Waals surface area contributed by atoms with E-state index in [1.807, 2.05) is 6.92 Å². The fourth-order valence-corrected chi connectivity index (χ4v) is 1.23. The van der Waals surface area contributed by atoms with Gasteiger partial charge in [-0.05, 0) is 18.6 Å². The van der Waals surface area contributed by atoms with Gasteiger partial charge in [0, 0.05) is 31.1 Å². The molecule has 5 heteroatoms. The van der Waals surface area contributed by atoms with Crippen molar-refractivity contribution in [1.29, 1.82) is 0 Å². The van der Waals surface area contributed by atoms with Crippen LogP contribution in [0.2, 0.25) is 0 Å². The van der Waals surface area contributed by atoms with Gasteiger partial charge in [-0.1, -0.05) is 0 Å². The second-order valence-corrected chi connectivity index (χ2v) is 3.36. The third-order valence-corrected chi connectivity index (χ3v) is 2.34. The molecule has 1 aromatic heterocycles. The second-order valence-electron chi connectivity index (χ2n) is 3.36. The molecule has 5 nitrogen and oxygen atoms in total. The molecule has 0 spiro atoms. The molecule has 1 saturated heterocycles. The van der Waals surface area contributed by atoms with Crippen LogP contribution in [0.15, 0.2) is 29.6 Å². The minimum atomic E-state index is -0.127. The van der Waals surface area contributed by atoms with E-state index in [9.17, 15) is 4.79 Å². The lowest BCUT2D eigenvalue weighted by Gasteiger charge is -2.21. The number of carbonyl (C=O) groups excluding carboxylic acids is 1. The summed E-state index contributed by atoms with van der Waals surface area (Å²) in [5.74, 6) is 0.215. The normalized spacial score (nSPS) is 14.3. The van der Waals surface area contributed by atoms with E-state index in [1.54, 1.807) is 18.5 Å². The molecule has 0 atom stereocenters. The Morgan fingerprint density at radius 3 is 2.60 bits per heavy atom. The summed E-state index contributed by atoms with van der Waals surface area (Å²) < 4.78 is 0. The lowest BCUT2D eigenvalue weighted by molar-refractivity contribution is -0.112. The third-order valence-electron chi connectivity index (χ3n) is 2.34. The molecule has 1 aliphatic rings. The molecule has 0 aliphatic carbocycles. The Morgan fingerprint density at radius 2 is 2.07 bits per heavy atom. The van der Waals surface area contributed by atoms with Gasteiger partial charge in [0.05, 0.1) is 0 Å². The highest BCUT2D eigenvalue weighted by Gasteiger charge is 2.16. The standard InChI is InChI=1S/C10H12N4O/c1-7(8-5-11-6-8)9(15)14-10-12-3-2-4-13-10/h2-4,11H,5-6H2,1H3,(H,12,13,14,15). The Balaban J connectivity index is 2.04. The summed E-state index contributed by atoms with van der Waals surface area (Å²) in [4.78, 5) is 19.5. The van der Waals surface area contributed by atoms with Gasteiger partial charge in [0.15, 0.2) is 0 Å².